The van der Waals surface area contributed by atoms with E-state index < -0.39 is 0 Å². The van der Waals surface area contributed by atoms with E-state index in [4.69, 9.17) is 0 Å². The quantitative estimate of drug-likeness (QED) is 0.231. The summed E-state index contributed by atoms with van der Waals surface area (Å²) in [7, 11) is 0. The maximum absolute atomic E-state index is 0. The molecule has 0 N–H and O–H groups in total. The van der Waals surface area contributed by atoms with Crippen LogP contribution in [0.4, 0.5) is 0 Å². The Labute approximate surface area is 85.3 Å². The summed E-state index contributed by atoms with van der Waals surface area (Å²) in [5, 5.41) is 0. The Balaban J connectivity index is 0. The number of halogens is 3. The molecule has 0 spiro atoms. The van der Waals surface area contributed by atoms with Gasteiger partial charge in [0, 0.05) is 28.7 Å². The number of hydrogen-bond donors (Lipinski definition) is 0. The van der Waals surface area contributed by atoms with Crippen molar-refractivity contribution >= 4 is 27.3 Å². The van der Waals surface area contributed by atoms with Gasteiger partial charge in [0.25, 0.3) is 0 Å². The summed E-state index contributed by atoms with van der Waals surface area (Å²) < 4.78 is 0. The summed E-state index contributed by atoms with van der Waals surface area (Å²) in [5.74, 6) is 0. The van der Waals surface area contributed by atoms with Gasteiger partial charge >= 0.3 is 0 Å². The molecule has 0 heterocycles. The number of hydrogen-bond acceptors (Lipinski definition) is 0. The third kappa shape index (κ3) is 8.82. The molecule has 0 aliphatic carbocycles. The average Bonchev–Trinajstić information content (AvgIpc) is 0. The Kier molecular flexibility index (Phi) is 134. The van der Waals surface area contributed by atoms with Crippen LogP contribution in [-0.2, 0) is 0 Å². The summed E-state index contributed by atoms with van der Waals surface area (Å²) in [6, 6.07) is 0. The van der Waals surface area contributed by atoms with Gasteiger partial charge in [-0.25, -0.2) is 0 Å². The van der Waals surface area contributed by atoms with Gasteiger partial charge in [-0.1, -0.05) is 0 Å². The summed E-state index contributed by atoms with van der Waals surface area (Å²) >= 11 is 0. The van der Waals surface area contributed by atoms with Crippen LogP contribution < -0.4 is 57.9 Å². The molecule has 30 valence electrons. The van der Waals surface area contributed by atoms with Gasteiger partial charge in [0.2, 0.25) is 0 Å². The van der Waals surface area contributed by atoms with E-state index in [2.05, 4.69) is 0 Å². The second-order valence-corrected chi connectivity index (χ2v) is 0. The van der Waals surface area contributed by atoms with Crippen molar-refractivity contribution < 1.29 is 59.4 Å². The van der Waals surface area contributed by atoms with Gasteiger partial charge in [-0.2, -0.15) is 0 Å². The van der Waals surface area contributed by atoms with Gasteiger partial charge < -0.3 is 57.9 Å². The fourth-order valence-corrected chi connectivity index (χ4v) is 0. The predicted molar refractivity (Wildman–Crippen MR) is 7.87 cm³/mol. The molecule has 4 heteroatoms. The third-order valence-electron chi connectivity index (χ3n) is 0. The molecule has 0 unspecified atom stereocenters. The van der Waals surface area contributed by atoms with E-state index in [1.54, 1.807) is 0 Å². The van der Waals surface area contributed by atoms with Crippen molar-refractivity contribution in [1.29, 1.82) is 0 Å². The van der Waals surface area contributed by atoms with Crippen molar-refractivity contribution in [3.63, 3.8) is 0 Å². The fraction of sp³-hybridized carbons (Fsp3) is 0. The molecular weight excluding hydrogens is 494 g/mol. The molecule has 0 amide bonds. The maximum atomic E-state index is 0. The molecule has 0 bridgehead atoms. The van der Waals surface area contributed by atoms with Gasteiger partial charge in [0.15, 0.2) is 0 Å². The minimum atomic E-state index is 0. The first-order valence-corrected chi connectivity index (χ1v) is 0. The smallest absolute Gasteiger partial charge is 0 e. The molecule has 0 saturated heterocycles. The molecule has 0 saturated carbocycles. The second kappa shape index (κ2) is 17.5. The van der Waals surface area contributed by atoms with Crippen LogP contribution in [0, 0.1) is 0 Å². The molecule has 0 atom stereocenters. The topological polar surface area (TPSA) is 0 Å². The molecule has 0 aliphatic heterocycles. The van der Waals surface area contributed by atoms with Crippen LogP contribution in [0.15, 0.2) is 0 Å². The second-order valence-electron chi connectivity index (χ2n) is 0. The monoisotopic (exact) mass is 495 g/mol. The molecule has 0 aromatic rings. The van der Waals surface area contributed by atoms with Gasteiger partial charge in [0.05, 0.1) is 0 Å². The Morgan fingerprint density at radius 1 is 1.00 bits per heavy atom. The molecule has 0 fully saturated rings. The minimum absolute atomic E-state index is 0. The predicted octanol–water partition coefficient (Wildman–Crippen LogP) is -9.12. The van der Waals surface area contributed by atoms with Crippen molar-refractivity contribution in [3.8, 4) is 0 Å². The Morgan fingerprint density at radius 3 is 1.00 bits per heavy atom. The average molecular weight is 496 g/mol. The first kappa shape index (κ1) is 30.5. The molecule has 0 nitrogen and oxygen atoms in total. The van der Waals surface area contributed by atoms with Crippen LogP contribution >= 0.6 is 0 Å². The molecule has 4 radical (unpaired) electrons. The van der Waals surface area contributed by atoms with E-state index in [0.29, 0.717) is 0 Å². The summed E-state index contributed by atoms with van der Waals surface area (Å²) in [5.41, 5.74) is 0. The van der Waals surface area contributed by atoms with Crippen molar-refractivity contribution in [3.05, 3.63) is 0 Å². The van der Waals surface area contributed by atoms with Crippen molar-refractivity contribution in [2.24, 2.45) is 0 Å². The SMILES string of the molecule is [Br-].[Br-].[HH].[I-].[Pb]. The van der Waals surface area contributed by atoms with Crippen LogP contribution in [-0.4, -0.2) is 27.3 Å². The van der Waals surface area contributed by atoms with Crippen LogP contribution in [0.1, 0.15) is 1.43 Å². The van der Waals surface area contributed by atoms with Crippen molar-refractivity contribution in [1.82, 2.24) is 0 Å². The summed E-state index contributed by atoms with van der Waals surface area (Å²) in [4.78, 5) is 0. The molecular formula is H2Br2IPb-3. The van der Waals surface area contributed by atoms with E-state index >= 15 is 0 Å². The van der Waals surface area contributed by atoms with Crippen LogP contribution in [0.5, 0.6) is 0 Å². The van der Waals surface area contributed by atoms with Crippen LogP contribution in [0.3, 0.4) is 0 Å². The standard InChI is InChI=1S/2BrH.HI.Pb.H2/h3*1H;;1H/p-3. The normalized spacial score (nSPS) is 0. The van der Waals surface area contributed by atoms with E-state index in [-0.39, 0.29) is 86.7 Å². The number of rotatable bonds is 0. The van der Waals surface area contributed by atoms with Crippen molar-refractivity contribution in [2.75, 3.05) is 0 Å². The first-order chi connectivity index (χ1) is 0. The van der Waals surface area contributed by atoms with E-state index in [1.165, 1.54) is 0 Å². The third-order valence-corrected chi connectivity index (χ3v) is 0. The van der Waals surface area contributed by atoms with Gasteiger partial charge in [-0.05, 0) is 0 Å². The molecule has 4 heavy (non-hydrogen) atoms. The van der Waals surface area contributed by atoms with E-state index in [9.17, 15) is 0 Å². The van der Waals surface area contributed by atoms with Crippen LogP contribution in [0.25, 0.3) is 0 Å². The Hall–Kier alpha value is 2.61. The Bertz CT molecular complexity index is 9.61. The Morgan fingerprint density at radius 2 is 1.00 bits per heavy atom. The first-order valence-electron chi connectivity index (χ1n) is 0. The molecule has 0 rings (SSSR count). The largest absolute Gasteiger partial charge is 1.00 e. The summed E-state index contributed by atoms with van der Waals surface area (Å²) in [6.45, 7) is 0. The minimum Gasteiger partial charge on any atom is -1.00 e. The maximum Gasteiger partial charge on any atom is 0 e. The van der Waals surface area contributed by atoms with E-state index in [1.807, 2.05) is 0 Å². The van der Waals surface area contributed by atoms with E-state index in [0.717, 1.165) is 0 Å². The zero-order valence-corrected chi connectivity index (χ0v) is 10.9. The summed E-state index contributed by atoms with van der Waals surface area (Å²) in [6.07, 6.45) is 0. The van der Waals surface area contributed by atoms with Gasteiger partial charge in [0.1, 0.15) is 0 Å². The van der Waals surface area contributed by atoms with Crippen molar-refractivity contribution in [2.45, 2.75) is 0 Å². The fourth-order valence-electron chi connectivity index (χ4n) is 0. The molecule has 0 aromatic heterocycles. The zero-order chi connectivity index (χ0) is 0. The van der Waals surface area contributed by atoms with Gasteiger partial charge in [-0.15, -0.1) is 0 Å². The molecule has 0 aromatic carbocycles. The van der Waals surface area contributed by atoms with Gasteiger partial charge in [-0.3, -0.25) is 0 Å². The zero-order valence-electron chi connectivity index (χ0n) is 1.63. The molecule has 0 aliphatic rings. The van der Waals surface area contributed by atoms with Crippen LogP contribution in [0.2, 0.25) is 0 Å².